The molecule has 1 fully saturated rings. The molecule has 0 radical (unpaired) electrons. The van der Waals surface area contributed by atoms with Crippen molar-refractivity contribution in [2.75, 3.05) is 18.6 Å². The molecule has 1 unspecified atom stereocenters. The molecular formula is C24H20BrClN2O4. The quantitative estimate of drug-likeness (QED) is 0.468. The van der Waals surface area contributed by atoms with Crippen molar-refractivity contribution in [3.63, 3.8) is 0 Å². The first-order valence-corrected chi connectivity index (χ1v) is 11.0. The number of anilines is 1. The average molecular weight is 516 g/mol. The van der Waals surface area contributed by atoms with Gasteiger partial charge in [-0.1, -0.05) is 39.7 Å². The van der Waals surface area contributed by atoms with Crippen molar-refractivity contribution in [2.24, 2.45) is 5.73 Å². The van der Waals surface area contributed by atoms with Crippen LogP contribution in [0.3, 0.4) is 0 Å². The highest BCUT2D eigenvalue weighted by Gasteiger charge is 2.33. The monoisotopic (exact) mass is 514 g/mol. The topological polar surface area (TPSA) is 81.9 Å². The van der Waals surface area contributed by atoms with Crippen LogP contribution in [0.25, 0.3) is 0 Å². The SMILES string of the molecule is COc1ccc(Br)cc1Oc1cc(Cl)ccc1C1CC(=O)N(c2cccc(C(N)=O)c2)C1. The molecule has 0 aromatic heterocycles. The first-order chi connectivity index (χ1) is 15.4. The van der Waals surface area contributed by atoms with Crippen LogP contribution >= 0.6 is 27.5 Å². The zero-order valence-electron chi connectivity index (χ0n) is 17.2. The predicted octanol–water partition coefficient (Wildman–Crippen LogP) is 5.52. The van der Waals surface area contributed by atoms with E-state index in [0.29, 0.717) is 46.5 Å². The highest BCUT2D eigenvalue weighted by atomic mass is 79.9. The molecule has 1 saturated heterocycles. The molecule has 1 aliphatic rings. The molecule has 2 N–H and O–H groups in total. The van der Waals surface area contributed by atoms with Crippen molar-refractivity contribution >= 4 is 45.0 Å². The average Bonchev–Trinajstić information content (AvgIpc) is 3.15. The molecule has 4 rings (SSSR count). The van der Waals surface area contributed by atoms with Crippen LogP contribution in [0.4, 0.5) is 5.69 Å². The van der Waals surface area contributed by atoms with Gasteiger partial charge >= 0.3 is 0 Å². The number of ether oxygens (including phenoxy) is 2. The lowest BCUT2D eigenvalue weighted by atomic mass is 9.97. The normalized spacial score (nSPS) is 15.7. The third-order valence-corrected chi connectivity index (χ3v) is 6.06. The zero-order valence-corrected chi connectivity index (χ0v) is 19.5. The smallest absolute Gasteiger partial charge is 0.248 e. The first kappa shape index (κ1) is 22.2. The number of primary amides is 1. The van der Waals surface area contributed by atoms with Gasteiger partial charge in [0.2, 0.25) is 11.8 Å². The van der Waals surface area contributed by atoms with E-state index < -0.39 is 5.91 Å². The number of carbonyl (C=O) groups excluding carboxylic acids is 2. The molecule has 0 bridgehead atoms. The molecule has 0 spiro atoms. The van der Waals surface area contributed by atoms with Gasteiger partial charge in [-0.3, -0.25) is 9.59 Å². The number of benzene rings is 3. The van der Waals surface area contributed by atoms with Gasteiger partial charge in [0.1, 0.15) is 5.75 Å². The number of carbonyl (C=O) groups is 2. The summed E-state index contributed by atoms with van der Waals surface area (Å²) in [6.45, 7) is 0.439. The lowest BCUT2D eigenvalue weighted by molar-refractivity contribution is -0.117. The van der Waals surface area contributed by atoms with Crippen LogP contribution in [0.5, 0.6) is 17.2 Å². The number of amides is 2. The first-order valence-electron chi connectivity index (χ1n) is 9.87. The summed E-state index contributed by atoms with van der Waals surface area (Å²) in [5.74, 6) is 0.959. The summed E-state index contributed by atoms with van der Waals surface area (Å²) in [7, 11) is 1.57. The van der Waals surface area contributed by atoms with Gasteiger partial charge in [0.15, 0.2) is 11.5 Å². The Morgan fingerprint density at radius 3 is 2.66 bits per heavy atom. The zero-order chi connectivity index (χ0) is 22.8. The van der Waals surface area contributed by atoms with Crippen LogP contribution < -0.4 is 20.1 Å². The van der Waals surface area contributed by atoms with Crippen molar-refractivity contribution in [3.05, 3.63) is 81.3 Å². The van der Waals surface area contributed by atoms with Gasteiger partial charge in [-0.15, -0.1) is 0 Å². The molecule has 1 atom stereocenters. The fourth-order valence-corrected chi connectivity index (χ4v) is 4.28. The van der Waals surface area contributed by atoms with Gasteiger partial charge in [-0.2, -0.15) is 0 Å². The van der Waals surface area contributed by atoms with Crippen LogP contribution in [0.1, 0.15) is 28.3 Å². The summed E-state index contributed by atoms with van der Waals surface area (Å²) in [5.41, 5.74) is 7.25. The van der Waals surface area contributed by atoms with E-state index in [9.17, 15) is 9.59 Å². The van der Waals surface area contributed by atoms with Crippen molar-refractivity contribution in [2.45, 2.75) is 12.3 Å². The fraction of sp³-hybridized carbons (Fsp3) is 0.167. The molecule has 8 heteroatoms. The summed E-state index contributed by atoms with van der Waals surface area (Å²) in [5, 5.41) is 0.521. The van der Waals surface area contributed by atoms with Crippen LogP contribution in [0.15, 0.2) is 65.1 Å². The highest BCUT2D eigenvalue weighted by molar-refractivity contribution is 9.10. The Bertz CT molecular complexity index is 1200. The molecular weight excluding hydrogens is 496 g/mol. The number of halogens is 2. The third-order valence-electron chi connectivity index (χ3n) is 5.33. The van der Waals surface area contributed by atoms with E-state index in [2.05, 4.69) is 15.9 Å². The fourth-order valence-electron chi connectivity index (χ4n) is 3.78. The van der Waals surface area contributed by atoms with Crippen LogP contribution in [0.2, 0.25) is 5.02 Å². The van der Waals surface area contributed by atoms with E-state index in [-0.39, 0.29) is 11.8 Å². The Balaban J connectivity index is 1.65. The summed E-state index contributed by atoms with van der Waals surface area (Å²) in [6, 6.07) is 17.6. The number of rotatable bonds is 6. The molecule has 32 heavy (non-hydrogen) atoms. The minimum Gasteiger partial charge on any atom is -0.493 e. The molecule has 3 aromatic rings. The number of hydrogen-bond acceptors (Lipinski definition) is 4. The molecule has 3 aromatic carbocycles. The molecule has 2 amide bonds. The maximum atomic E-state index is 12.8. The second-order valence-corrected chi connectivity index (χ2v) is 8.75. The number of hydrogen-bond donors (Lipinski definition) is 1. The minimum atomic E-state index is -0.536. The van der Waals surface area contributed by atoms with Gasteiger partial charge in [0.25, 0.3) is 0 Å². The van der Waals surface area contributed by atoms with Crippen LogP contribution in [0, 0.1) is 0 Å². The van der Waals surface area contributed by atoms with Crippen molar-refractivity contribution in [1.29, 1.82) is 0 Å². The summed E-state index contributed by atoms with van der Waals surface area (Å²) in [6.07, 6.45) is 0.300. The van der Waals surface area contributed by atoms with E-state index in [4.69, 9.17) is 26.8 Å². The Kier molecular flexibility index (Phi) is 6.39. The van der Waals surface area contributed by atoms with Crippen LogP contribution in [-0.4, -0.2) is 25.5 Å². The summed E-state index contributed by atoms with van der Waals surface area (Å²) in [4.78, 5) is 26.0. The third kappa shape index (κ3) is 4.59. The number of nitrogens with two attached hydrogens (primary N) is 1. The molecule has 1 aliphatic heterocycles. The van der Waals surface area contributed by atoms with Gasteiger partial charge in [0, 0.05) is 45.2 Å². The largest absolute Gasteiger partial charge is 0.493 e. The van der Waals surface area contributed by atoms with Gasteiger partial charge in [0.05, 0.1) is 7.11 Å². The Hall–Kier alpha value is -3.03. The van der Waals surface area contributed by atoms with Crippen molar-refractivity contribution < 1.29 is 19.1 Å². The van der Waals surface area contributed by atoms with E-state index in [0.717, 1.165) is 10.0 Å². The number of nitrogens with zero attached hydrogens (tertiary/aromatic N) is 1. The lowest BCUT2D eigenvalue weighted by Crippen LogP contribution is -2.24. The predicted molar refractivity (Wildman–Crippen MR) is 127 cm³/mol. The van der Waals surface area contributed by atoms with Gasteiger partial charge < -0.3 is 20.1 Å². The second-order valence-electron chi connectivity index (χ2n) is 7.40. The van der Waals surface area contributed by atoms with Crippen molar-refractivity contribution in [1.82, 2.24) is 0 Å². The van der Waals surface area contributed by atoms with E-state index >= 15 is 0 Å². The standard InChI is InChI=1S/C24H20BrClN2O4/c1-31-20-8-5-16(25)11-22(20)32-21-12-17(26)6-7-19(21)15-10-23(29)28(13-15)18-4-2-3-14(9-18)24(27)30/h2-9,11-12,15H,10,13H2,1H3,(H2,27,30). The summed E-state index contributed by atoms with van der Waals surface area (Å²) >= 11 is 9.70. The molecule has 164 valence electrons. The van der Waals surface area contributed by atoms with E-state index in [1.807, 2.05) is 18.2 Å². The Labute approximate surface area is 199 Å². The molecule has 6 nitrogen and oxygen atoms in total. The molecule has 0 saturated carbocycles. The molecule has 1 heterocycles. The minimum absolute atomic E-state index is 0.0439. The Morgan fingerprint density at radius 1 is 1.09 bits per heavy atom. The van der Waals surface area contributed by atoms with Gasteiger partial charge in [-0.25, -0.2) is 0 Å². The van der Waals surface area contributed by atoms with Crippen LogP contribution in [-0.2, 0) is 4.79 Å². The Morgan fingerprint density at radius 2 is 1.91 bits per heavy atom. The number of methoxy groups -OCH3 is 1. The van der Waals surface area contributed by atoms with E-state index in [1.54, 1.807) is 54.5 Å². The van der Waals surface area contributed by atoms with E-state index in [1.165, 1.54) is 0 Å². The maximum absolute atomic E-state index is 12.8. The van der Waals surface area contributed by atoms with Gasteiger partial charge in [-0.05, 0) is 48.5 Å². The second kappa shape index (κ2) is 9.22. The lowest BCUT2D eigenvalue weighted by Gasteiger charge is -2.19. The highest BCUT2D eigenvalue weighted by Crippen LogP contribution is 2.41. The maximum Gasteiger partial charge on any atom is 0.248 e. The summed E-state index contributed by atoms with van der Waals surface area (Å²) < 4.78 is 12.5. The van der Waals surface area contributed by atoms with Crippen molar-refractivity contribution in [3.8, 4) is 17.2 Å². The molecule has 0 aliphatic carbocycles.